The molecule has 7 heteroatoms. The smallest absolute Gasteiger partial charge is 0.292 e. The van der Waals surface area contributed by atoms with Crippen LogP contribution in [0.1, 0.15) is 17.0 Å². The second-order valence-corrected chi connectivity index (χ2v) is 4.98. The number of carbonyl (C=O) groups excluding carboxylic acids is 1. The van der Waals surface area contributed by atoms with Crippen molar-refractivity contribution >= 4 is 5.91 Å². The van der Waals surface area contributed by atoms with Crippen LogP contribution in [-0.4, -0.2) is 66.4 Å². The third kappa shape index (κ3) is 2.23. The third-order valence-electron chi connectivity index (χ3n) is 3.79. The minimum absolute atomic E-state index is 0.179. The lowest BCUT2D eigenvalue weighted by Crippen LogP contribution is -2.59. The van der Waals surface area contributed by atoms with Gasteiger partial charge in [-0.25, -0.2) is 9.97 Å². The van der Waals surface area contributed by atoms with E-state index in [9.17, 15) is 4.79 Å². The second-order valence-electron chi connectivity index (χ2n) is 4.98. The molecule has 0 saturated carbocycles. The molecule has 1 aromatic rings. The number of rotatable bonds is 2. The Kier molecular flexibility index (Phi) is 3.54. The minimum atomic E-state index is -0.362. The van der Waals surface area contributed by atoms with Gasteiger partial charge in [-0.05, 0) is 6.42 Å². The SMILES string of the molecule is COc1cnc(C(=O)N2CCOCC23CCOC3)nc1. The van der Waals surface area contributed by atoms with Crippen LogP contribution in [0.2, 0.25) is 0 Å². The monoisotopic (exact) mass is 279 g/mol. The highest BCUT2D eigenvalue weighted by Gasteiger charge is 2.46. The van der Waals surface area contributed by atoms with Crippen LogP contribution >= 0.6 is 0 Å². The summed E-state index contributed by atoms with van der Waals surface area (Å²) in [5.74, 6) is 0.530. The molecular weight excluding hydrogens is 262 g/mol. The predicted octanol–water partition coefficient (Wildman–Crippen LogP) is 0.117. The molecule has 2 aliphatic rings. The number of hydrogen-bond acceptors (Lipinski definition) is 6. The maximum Gasteiger partial charge on any atom is 0.292 e. The fourth-order valence-electron chi connectivity index (χ4n) is 2.63. The topological polar surface area (TPSA) is 73.8 Å². The van der Waals surface area contributed by atoms with Crippen LogP contribution in [0.5, 0.6) is 5.75 Å². The molecule has 1 unspecified atom stereocenters. The van der Waals surface area contributed by atoms with Crippen LogP contribution in [0, 0.1) is 0 Å². The molecule has 2 aliphatic heterocycles. The van der Waals surface area contributed by atoms with Gasteiger partial charge in [-0.3, -0.25) is 4.79 Å². The number of amides is 1. The van der Waals surface area contributed by atoms with E-state index in [0.29, 0.717) is 38.7 Å². The van der Waals surface area contributed by atoms with Crippen molar-refractivity contribution in [1.29, 1.82) is 0 Å². The van der Waals surface area contributed by atoms with Gasteiger partial charge in [0.05, 0.1) is 44.9 Å². The van der Waals surface area contributed by atoms with Crippen molar-refractivity contribution in [1.82, 2.24) is 14.9 Å². The van der Waals surface area contributed by atoms with Crippen molar-refractivity contribution < 1.29 is 19.0 Å². The summed E-state index contributed by atoms with van der Waals surface area (Å²) >= 11 is 0. The number of morpholine rings is 1. The molecule has 0 aliphatic carbocycles. The normalized spacial score (nSPS) is 25.9. The molecule has 1 amide bonds. The lowest BCUT2D eigenvalue weighted by molar-refractivity contribution is -0.0555. The van der Waals surface area contributed by atoms with E-state index in [2.05, 4.69) is 9.97 Å². The lowest BCUT2D eigenvalue weighted by atomic mass is 9.95. The van der Waals surface area contributed by atoms with Gasteiger partial charge in [0.2, 0.25) is 5.82 Å². The van der Waals surface area contributed by atoms with E-state index in [1.807, 2.05) is 0 Å². The maximum atomic E-state index is 12.6. The van der Waals surface area contributed by atoms with Crippen LogP contribution < -0.4 is 4.74 Å². The molecule has 2 fully saturated rings. The highest BCUT2D eigenvalue weighted by molar-refractivity contribution is 5.91. The minimum Gasteiger partial charge on any atom is -0.494 e. The van der Waals surface area contributed by atoms with E-state index in [1.165, 1.54) is 19.5 Å². The lowest BCUT2D eigenvalue weighted by Gasteiger charge is -2.43. The molecular formula is C13H17N3O4. The summed E-state index contributed by atoms with van der Waals surface area (Å²) in [7, 11) is 1.53. The molecule has 20 heavy (non-hydrogen) atoms. The molecule has 1 spiro atoms. The first-order valence-corrected chi connectivity index (χ1v) is 6.59. The first-order valence-electron chi connectivity index (χ1n) is 6.59. The molecule has 0 bridgehead atoms. The van der Waals surface area contributed by atoms with Crippen LogP contribution in [0.3, 0.4) is 0 Å². The number of carbonyl (C=O) groups is 1. The van der Waals surface area contributed by atoms with Crippen LogP contribution in [0.25, 0.3) is 0 Å². The van der Waals surface area contributed by atoms with E-state index in [0.717, 1.165) is 6.42 Å². The van der Waals surface area contributed by atoms with E-state index in [4.69, 9.17) is 14.2 Å². The van der Waals surface area contributed by atoms with Gasteiger partial charge in [-0.15, -0.1) is 0 Å². The first-order chi connectivity index (χ1) is 9.75. The molecule has 1 aromatic heterocycles. The number of methoxy groups -OCH3 is 1. The Morgan fingerprint density at radius 1 is 1.30 bits per heavy atom. The predicted molar refractivity (Wildman–Crippen MR) is 68.6 cm³/mol. The number of aromatic nitrogens is 2. The van der Waals surface area contributed by atoms with E-state index >= 15 is 0 Å². The maximum absolute atomic E-state index is 12.6. The average Bonchev–Trinajstić information content (AvgIpc) is 2.96. The second kappa shape index (κ2) is 5.34. The highest BCUT2D eigenvalue weighted by atomic mass is 16.5. The Bertz CT molecular complexity index is 485. The van der Waals surface area contributed by atoms with E-state index < -0.39 is 0 Å². The molecule has 0 aromatic carbocycles. The summed E-state index contributed by atoms with van der Waals surface area (Å²) in [6.07, 6.45) is 3.78. The van der Waals surface area contributed by atoms with Crippen molar-refractivity contribution in [2.24, 2.45) is 0 Å². The van der Waals surface area contributed by atoms with Gasteiger partial charge in [-0.1, -0.05) is 0 Å². The molecule has 7 nitrogen and oxygen atoms in total. The summed E-state index contributed by atoms with van der Waals surface area (Å²) in [6, 6.07) is 0. The molecule has 2 saturated heterocycles. The van der Waals surface area contributed by atoms with Gasteiger partial charge in [0.25, 0.3) is 5.91 Å². The standard InChI is InChI=1S/C13H17N3O4/c1-18-10-6-14-11(15-7-10)12(17)16-3-5-20-9-13(16)2-4-19-8-13/h6-7H,2-5,8-9H2,1H3. The zero-order valence-electron chi connectivity index (χ0n) is 11.4. The summed E-state index contributed by atoms with van der Waals surface area (Å²) in [5.41, 5.74) is -0.362. The van der Waals surface area contributed by atoms with Crippen molar-refractivity contribution in [3.8, 4) is 5.75 Å². The Labute approximate surface area is 116 Å². The van der Waals surface area contributed by atoms with Crippen LogP contribution in [0.15, 0.2) is 12.4 Å². The molecule has 0 N–H and O–H groups in total. The zero-order valence-corrected chi connectivity index (χ0v) is 11.4. The zero-order chi connectivity index (χ0) is 14.0. The number of hydrogen-bond donors (Lipinski definition) is 0. The number of nitrogens with zero attached hydrogens (tertiary/aromatic N) is 3. The van der Waals surface area contributed by atoms with Gasteiger partial charge >= 0.3 is 0 Å². The molecule has 3 rings (SSSR count). The molecule has 3 heterocycles. The van der Waals surface area contributed by atoms with E-state index in [-0.39, 0.29) is 17.3 Å². The quantitative estimate of drug-likeness (QED) is 0.765. The van der Waals surface area contributed by atoms with Gasteiger partial charge in [0.1, 0.15) is 0 Å². The summed E-state index contributed by atoms with van der Waals surface area (Å²) in [4.78, 5) is 22.5. The summed E-state index contributed by atoms with van der Waals surface area (Å²) in [6.45, 7) is 2.74. The molecule has 0 radical (unpaired) electrons. The van der Waals surface area contributed by atoms with E-state index in [1.54, 1.807) is 4.90 Å². The van der Waals surface area contributed by atoms with Gasteiger partial charge < -0.3 is 19.1 Å². The van der Waals surface area contributed by atoms with Crippen LogP contribution in [-0.2, 0) is 9.47 Å². The first kappa shape index (κ1) is 13.3. The summed E-state index contributed by atoms with van der Waals surface area (Å²) in [5, 5.41) is 0. The Balaban J connectivity index is 1.83. The average molecular weight is 279 g/mol. The molecule has 108 valence electrons. The van der Waals surface area contributed by atoms with Gasteiger partial charge in [0, 0.05) is 13.2 Å². The summed E-state index contributed by atoms with van der Waals surface area (Å²) < 4.78 is 16.0. The third-order valence-corrected chi connectivity index (χ3v) is 3.79. The fraction of sp³-hybridized carbons (Fsp3) is 0.615. The molecule has 1 atom stereocenters. The Morgan fingerprint density at radius 2 is 2.00 bits per heavy atom. The number of ether oxygens (including phenoxy) is 3. The van der Waals surface area contributed by atoms with Crippen molar-refractivity contribution in [3.05, 3.63) is 18.2 Å². The van der Waals surface area contributed by atoms with Gasteiger partial charge in [-0.2, -0.15) is 0 Å². The van der Waals surface area contributed by atoms with Crippen molar-refractivity contribution in [2.45, 2.75) is 12.0 Å². The largest absolute Gasteiger partial charge is 0.494 e. The van der Waals surface area contributed by atoms with Crippen molar-refractivity contribution in [2.75, 3.05) is 40.1 Å². The van der Waals surface area contributed by atoms with Gasteiger partial charge in [0.15, 0.2) is 5.75 Å². The Hall–Kier alpha value is -1.73. The Morgan fingerprint density at radius 3 is 2.65 bits per heavy atom. The van der Waals surface area contributed by atoms with Crippen LogP contribution in [0.4, 0.5) is 0 Å². The highest BCUT2D eigenvalue weighted by Crippen LogP contribution is 2.30. The fourth-order valence-corrected chi connectivity index (χ4v) is 2.63. The van der Waals surface area contributed by atoms with Crippen molar-refractivity contribution in [3.63, 3.8) is 0 Å².